The number of hydrogen-bond donors (Lipinski definition) is 2. The number of methoxy groups -OCH3 is 1. The van der Waals surface area contributed by atoms with Gasteiger partial charge in [-0.25, -0.2) is 9.78 Å². The summed E-state index contributed by atoms with van der Waals surface area (Å²) in [4.78, 5) is 20.1. The number of rotatable bonds is 5. The molecule has 4 rings (SSSR count). The Hall–Kier alpha value is -1.70. The Morgan fingerprint density at radius 1 is 1.18 bits per heavy atom. The highest BCUT2D eigenvalue weighted by Crippen LogP contribution is 2.45. The Labute approximate surface area is 170 Å². The minimum atomic E-state index is -0.332. The summed E-state index contributed by atoms with van der Waals surface area (Å²) in [7, 11) is 1.43. The summed E-state index contributed by atoms with van der Waals surface area (Å²) < 4.78 is 7.28. The topological polar surface area (TPSA) is 97.2 Å². The summed E-state index contributed by atoms with van der Waals surface area (Å²) in [6.07, 6.45) is 11.3. The number of hydrogen-bond acceptors (Lipinski definition) is 6. The molecular formula is C20H31N5O2S. The van der Waals surface area contributed by atoms with Crippen molar-refractivity contribution in [2.75, 3.05) is 18.6 Å². The molecule has 0 radical (unpaired) electrons. The minimum absolute atomic E-state index is 0.0404. The van der Waals surface area contributed by atoms with E-state index in [4.69, 9.17) is 20.9 Å². The number of imidazole rings is 1. The van der Waals surface area contributed by atoms with Gasteiger partial charge >= 0.3 is 5.97 Å². The van der Waals surface area contributed by atoms with Gasteiger partial charge in [-0.3, -0.25) is 9.98 Å². The molecule has 1 aromatic rings. The monoisotopic (exact) mass is 405 g/mol. The lowest BCUT2D eigenvalue weighted by molar-refractivity contribution is 0.0584. The van der Waals surface area contributed by atoms with Gasteiger partial charge in [-0.1, -0.05) is 43.9 Å². The average molecular weight is 406 g/mol. The summed E-state index contributed by atoms with van der Waals surface area (Å²) >= 11 is 1.21. The first kappa shape index (κ1) is 19.6. The number of anilines is 1. The Bertz CT molecular complexity index is 743. The normalized spacial score (nSPS) is 24.7. The lowest BCUT2D eigenvalue weighted by Gasteiger charge is -2.35. The number of ether oxygens (including phenoxy) is 1. The van der Waals surface area contributed by atoms with Crippen LogP contribution in [0.1, 0.15) is 80.0 Å². The Balaban J connectivity index is 1.70. The van der Waals surface area contributed by atoms with Crippen molar-refractivity contribution >= 4 is 28.8 Å². The Morgan fingerprint density at radius 3 is 2.54 bits per heavy atom. The quantitative estimate of drug-likeness (QED) is 0.441. The Morgan fingerprint density at radius 2 is 1.86 bits per heavy atom. The number of aromatic nitrogens is 2. The number of thioether (sulfide) groups is 1. The molecule has 8 heteroatoms. The maximum absolute atomic E-state index is 12.7. The van der Waals surface area contributed by atoms with Crippen molar-refractivity contribution in [3.63, 3.8) is 0 Å². The lowest BCUT2D eigenvalue weighted by atomic mass is 9.86. The van der Waals surface area contributed by atoms with Gasteiger partial charge in [0.25, 0.3) is 0 Å². The highest BCUT2D eigenvalue weighted by Gasteiger charge is 2.45. The van der Waals surface area contributed by atoms with E-state index in [2.05, 4.69) is 9.47 Å². The Kier molecular flexibility index (Phi) is 5.85. The molecule has 2 atom stereocenters. The minimum Gasteiger partial charge on any atom is -0.464 e. The summed E-state index contributed by atoms with van der Waals surface area (Å²) in [5.41, 5.74) is 6.79. The number of amidine groups is 1. The van der Waals surface area contributed by atoms with Crippen LogP contribution in [-0.2, 0) is 10.5 Å². The third-order valence-corrected chi connectivity index (χ3v) is 7.30. The van der Waals surface area contributed by atoms with Crippen LogP contribution in [0.3, 0.4) is 0 Å². The molecule has 0 aromatic carbocycles. The van der Waals surface area contributed by atoms with Crippen LogP contribution in [0.4, 0.5) is 5.95 Å². The molecule has 7 nitrogen and oxygen atoms in total. The molecule has 1 aromatic heterocycles. The van der Waals surface area contributed by atoms with Crippen molar-refractivity contribution in [3.8, 4) is 0 Å². The van der Waals surface area contributed by atoms with E-state index in [1.165, 1.54) is 70.2 Å². The predicted octanol–water partition coefficient (Wildman–Crippen LogP) is 3.68. The van der Waals surface area contributed by atoms with E-state index in [1.807, 2.05) is 0 Å². The molecule has 3 N–H and O–H groups in total. The van der Waals surface area contributed by atoms with Crippen molar-refractivity contribution < 1.29 is 9.53 Å². The first-order chi connectivity index (χ1) is 13.6. The van der Waals surface area contributed by atoms with Crippen LogP contribution in [0.5, 0.6) is 0 Å². The number of carbonyl (C=O) groups is 1. The van der Waals surface area contributed by atoms with Crippen molar-refractivity contribution in [2.24, 2.45) is 11.7 Å². The van der Waals surface area contributed by atoms with E-state index in [9.17, 15) is 4.79 Å². The maximum Gasteiger partial charge on any atom is 0.356 e. The van der Waals surface area contributed by atoms with Crippen LogP contribution in [-0.4, -0.2) is 40.4 Å². The zero-order valence-corrected chi connectivity index (χ0v) is 17.5. The summed E-state index contributed by atoms with van der Waals surface area (Å²) in [6, 6.07) is 0.737. The van der Waals surface area contributed by atoms with Gasteiger partial charge in [0.1, 0.15) is 0 Å². The molecule has 2 heterocycles. The van der Waals surface area contributed by atoms with Gasteiger partial charge in [-0.2, -0.15) is 0 Å². The lowest BCUT2D eigenvalue weighted by Crippen LogP contribution is -2.40. The van der Waals surface area contributed by atoms with E-state index in [0.29, 0.717) is 29.2 Å². The highest BCUT2D eigenvalue weighted by molar-refractivity contribution is 8.13. The molecule has 2 saturated carbocycles. The molecule has 154 valence electrons. The maximum atomic E-state index is 12.7. The zero-order valence-electron chi connectivity index (χ0n) is 16.7. The van der Waals surface area contributed by atoms with Gasteiger partial charge in [0.15, 0.2) is 10.9 Å². The molecule has 0 amide bonds. The molecule has 0 saturated heterocycles. The number of esters is 1. The van der Waals surface area contributed by atoms with Gasteiger partial charge in [0.2, 0.25) is 5.95 Å². The van der Waals surface area contributed by atoms with Crippen LogP contribution in [0.15, 0.2) is 0 Å². The number of carbonyl (C=O) groups excluding carboxylic acids is 1. The predicted molar refractivity (Wildman–Crippen MR) is 112 cm³/mol. The van der Waals surface area contributed by atoms with Gasteiger partial charge in [-0.15, -0.1) is 0 Å². The molecule has 1 aliphatic heterocycles. The van der Waals surface area contributed by atoms with Crippen LogP contribution < -0.4 is 10.6 Å². The summed E-state index contributed by atoms with van der Waals surface area (Å²) in [5.74, 6) is 1.74. The number of nitrogens with zero attached hydrogens (tertiary/aromatic N) is 3. The zero-order chi connectivity index (χ0) is 19.7. The second-order valence-electron chi connectivity index (χ2n) is 8.30. The van der Waals surface area contributed by atoms with Crippen molar-refractivity contribution in [1.82, 2.24) is 9.55 Å². The first-order valence-corrected chi connectivity index (χ1v) is 11.5. The number of fused-ring (bicyclic) bond motifs is 3. The second-order valence-corrected chi connectivity index (χ2v) is 9.31. The fourth-order valence-electron chi connectivity index (χ4n) is 5.31. The molecule has 0 spiro atoms. The van der Waals surface area contributed by atoms with E-state index in [1.54, 1.807) is 0 Å². The summed E-state index contributed by atoms with van der Waals surface area (Å²) in [5, 5.41) is 7.56. The standard InChI is InChI=1S/C20H31N5O2S/c1-27-18(26)17-14(12-28-19(21)22)23-20-24(11-13-7-3-2-4-8-13)15-9-5-6-10-16(15)25(17)20/h13,15-16H,2-12H2,1H3,(H3,21,22). The van der Waals surface area contributed by atoms with Gasteiger partial charge in [0.05, 0.1) is 24.9 Å². The summed E-state index contributed by atoms with van der Waals surface area (Å²) in [6.45, 7) is 1.04. The SMILES string of the molecule is COC(=O)c1c(CSC(=N)N)nc2n1C1CCCCC1N2CC1CCCCC1. The van der Waals surface area contributed by atoms with E-state index >= 15 is 0 Å². The highest BCUT2D eigenvalue weighted by atomic mass is 32.2. The first-order valence-electron chi connectivity index (χ1n) is 10.5. The molecule has 2 unspecified atom stereocenters. The third-order valence-electron chi connectivity index (χ3n) is 6.57. The van der Waals surface area contributed by atoms with E-state index in [-0.39, 0.29) is 11.1 Å². The van der Waals surface area contributed by atoms with Crippen molar-refractivity contribution in [3.05, 3.63) is 11.4 Å². The second kappa shape index (κ2) is 8.35. The number of nitrogens with one attached hydrogen (secondary N) is 1. The van der Waals surface area contributed by atoms with Gasteiger partial charge in [0, 0.05) is 12.3 Å². The molecular weight excluding hydrogens is 374 g/mol. The van der Waals surface area contributed by atoms with Gasteiger partial charge < -0.3 is 15.4 Å². The van der Waals surface area contributed by atoms with E-state index in [0.717, 1.165) is 24.8 Å². The van der Waals surface area contributed by atoms with Gasteiger partial charge in [-0.05, 0) is 31.6 Å². The number of nitrogens with two attached hydrogens (primary N) is 1. The fraction of sp³-hybridized carbons (Fsp3) is 0.750. The van der Waals surface area contributed by atoms with Crippen LogP contribution in [0.2, 0.25) is 0 Å². The van der Waals surface area contributed by atoms with Crippen LogP contribution in [0.25, 0.3) is 0 Å². The molecule has 3 aliphatic rings. The largest absolute Gasteiger partial charge is 0.464 e. The van der Waals surface area contributed by atoms with E-state index < -0.39 is 0 Å². The van der Waals surface area contributed by atoms with Crippen LogP contribution in [0, 0.1) is 11.3 Å². The smallest absolute Gasteiger partial charge is 0.356 e. The van der Waals surface area contributed by atoms with Crippen molar-refractivity contribution in [2.45, 2.75) is 75.6 Å². The fourth-order valence-corrected chi connectivity index (χ4v) is 5.81. The average Bonchev–Trinajstić information content (AvgIpc) is 3.22. The molecule has 0 bridgehead atoms. The molecule has 2 fully saturated rings. The third kappa shape index (κ3) is 3.63. The molecule has 28 heavy (non-hydrogen) atoms. The van der Waals surface area contributed by atoms with Crippen LogP contribution >= 0.6 is 11.8 Å². The van der Waals surface area contributed by atoms with Crippen molar-refractivity contribution in [1.29, 1.82) is 5.41 Å². The molecule has 2 aliphatic carbocycles.